The van der Waals surface area contributed by atoms with E-state index in [-0.39, 0.29) is 17.5 Å². The average Bonchev–Trinajstić information content (AvgIpc) is 2.55. The van der Waals surface area contributed by atoms with Gasteiger partial charge in [-0.2, -0.15) is 0 Å². The van der Waals surface area contributed by atoms with Crippen molar-refractivity contribution in [1.29, 1.82) is 0 Å². The maximum absolute atomic E-state index is 10.9. The Morgan fingerprint density at radius 3 is 2.59 bits per heavy atom. The lowest BCUT2D eigenvalue weighted by molar-refractivity contribution is -0.412. The maximum atomic E-state index is 10.9. The smallest absolute Gasteiger partial charge is 0.269 e. The number of fused-ring (bicyclic) bond motifs is 1. The second-order valence-corrected chi connectivity index (χ2v) is 5.13. The molecule has 0 saturated heterocycles. The van der Waals surface area contributed by atoms with Crippen LogP contribution in [0.1, 0.15) is 17.2 Å². The Balaban J connectivity index is 2.09. The third kappa shape index (κ3) is 2.38. The van der Waals surface area contributed by atoms with E-state index in [0.717, 1.165) is 10.8 Å². The monoisotopic (exact) mass is 295 g/mol. The zero-order chi connectivity index (χ0) is 15.7. The van der Waals surface area contributed by atoms with E-state index in [4.69, 9.17) is 0 Å². The van der Waals surface area contributed by atoms with Crippen molar-refractivity contribution in [3.8, 4) is 5.75 Å². The molecule has 22 heavy (non-hydrogen) atoms. The minimum absolute atomic E-state index is 0.0198. The number of nitro benzene ring substituents is 1. The van der Waals surface area contributed by atoms with E-state index >= 15 is 0 Å². The second-order valence-electron chi connectivity index (χ2n) is 5.13. The molecule has 1 unspecified atom stereocenters. The number of aromatic hydroxyl groups is 1. The zero-order valence-electron chi connectivity index (χ0n) is 11.8. The van der Waals surface area contributed by atoms with Gasteiger partial charge < -0.3 is 10.8 Å². The molecular weight excluding hydrogens is 280 g/mol. The molecule has 0 bridgehead atoms. The van der Waals surface area contributed by atoms with E-state index in [9.17, 15) is 15.2 Å². The van der Waals surface area contributed by atoms with Gasteiger partial charge in [-0.25, -0.2) is 0 Å². The van der Waals surface area contributed by atoms with Crippen molar-refractivity contribution in [3.63, 3.8) is 0 Å². The standard InChI is InChI=1S/C17H14N2O3/c18-16(12-5-3-6-13(10-12)19(21)22)15-9-8-11-4-1-2-7-14(11)17(15)20/h1-10,16,20H,18H2/p+1. The Kier molecular flexibility index (Phi) is 3.48. The summed E-state index contributed by atoms with van der Waals surface area (Å²) >= 11 is 0. The summed E-state index contributed by atoms with van der Waals surface area (Å²) in [5, 5.41) is 23.1. The van der Waals surface area contributed by atoms with E-state index in [1.165, 1.54) is 12.1 Å². The molecule has 3 rings (SSSR count). The quantitative estimate of drug-likeness (QED) is 0.575. The lowest BCUT2D eigenvalue weighted by atomic mass is 9.95. The van der Waals surface area contributed by atoms with Crippen LogP contribution in [-0.4, -0.2) is 10.0 Å². The van der Waals surface area contributed by atoms with Crippen LogP contribution >= 0.6 is 0 Å². The van der Waals surface area contributed by atoms with Crippen LogP contribution < -0.4 is 5.73 Å². The first kappa shape index (κ1) is 14.0. The molecular formula is C17H15N2O3+. The number of nitro groups is 1. The number of phenolic OH excluding ortho intramolecular Hbond substituents is 1. The van der Waals surface area contributed by atoms with Gasteiger partial charge >= 0.3 is 0 Å². The van der Waals surface area contributed by atoms with Crippen LogP contribution in [0.3, 0.4) is 0 Å². The summed E-state index contributed by atoms with van der Waals surface area (Å²) in [6, 6.07) is 17.2. The lowest BCUT2D eigenvalue weighted by Gasteiger charge is -2.13. The van der Waals surface area contributed by atoms with Gasteiger partial charge in [-0.3, -0.25) is 10.1 Å². The fraction of sp³-hybridized carbons (Fsp3) is 0.0588. The Bertz CT molecular complexity index is 861. The van der Waals surface area contributed by atoms with Crippen LogP contribution in [0.4, 0.5) is 5.69 Å². The van der Waals surface area contributed by atoms with Crippen molar-refractivity contribution >= 4 is 16.5 Å². The van der Waals surface area contributed by atoms with Gasteiger partial charge in [-0.05, 0) is 11.5 Å². The van der Waals surface area contributed by atoms with Crippen LogP contribution in [0.2, 0.25) is 0 Å². The van der Waals surface area contributed by atoms with Gasteiger partial charge in [-0.1, -0.05) is 42.5 Å². The summed E-state index contributed by atoms with van der Waals surface area (Å²) in [5.41, 5.74) is 5.43. The molecule has 3 aromatic carbocycles. The number of phenols is 1. The van der Waals surface area contributed by atoms with E-state index in [1.807, 2.05) is 36.4 Å². The molecule has 0 spiro atoms. The molecule has 5 nitrogen and oxygen atoms in total. The number of hydrogen-bond donors (Lipinski definition) is 2. The molecule has 0 amide bonds. The van der Waals surface area contributed by atoms with Gasteiger partial charge in [0.25, 0.3) is 5.69 Å². The summed E-state index contributed by atoms with van der Waals surface area (Å²) < 4.78 is 0. The van der Waals surface area contributed by atoms with Crippen LogP contribution in [0, 0.1) is 10.1 Å². The minimum Gasteiger partial charge on any atom is -0.507 e. The third-order valence-electron chi connectivity index (χ3n) is 3.79. The molecule has 0 aromatic heterocycles. The first-order chi connectivity index (χ1) is 10.6. The predicted octanol–water partition coefficient (Wildman–Crippen LogP) is 2.78. The highest BCUT2D eigenvalue weighted by atomic mass is 16.6. The Hall–Kier alpha value is -2.92. The van der Waals surface area contributed by atoms with Crippen LogP contribution in [-0.2, 0) is 0 Å². The summed E-state index contributed by atoms with van der Waals surface area (Å²) in [5.74, 6) is 0.171. The highest BCUT2D eigenvalue weighted by Crippen LogP contribution is 2.34. The highest BCUT2D eigenvalue weighted by molar-refractivity contribution is 5.89. The second kappa shape index (κ2) is 5.46. The molecule has 0 heterocycles. The molecule has 0 aliphatic carbocycles. The number of quaternary nitrogens is 1. The van der Waals surface area contributed by atoms with Gasteiger partial charge in [0.05, 0.1) is 10.5 Å². The molecule has 4 N–H and O–H groups in total. The number of rotatable bonds is 3. The number of nitrogens with zero attached hydrogens (tertiary/aromatic N) is 1. The largest absolute Gasteiger partial charge is 0.507 e. The predicted molar refractivity (Wildman–Crippen MR) is 83.4 cm³/mol. The Morgan fingerprint density at radius 1 is 1.05 bits per heavy atom. The molecule has 5 heteroatoms. The highest BCUT2D eigenvalue weighted by Gasteiger charge is 2.20. The lowest BCUT2D eigenvalue weighted by Crippen LogP contribution is -2.54. The Labute approximate surface area is 126 Å². The summed E-state index contributed by atoms with van der Waals surface area (Å²) in [6.07, 6.45) is 0. The van der Waals surface area contributed by atoms with Crippen LogP contribution in [0.5, 0.6) is 5.75 Å². The van der Waals surface area contributed by atoms with E-state index in [0.29, 0.717) is 11.1 Å². The fourth-order valence-electron chi connectivity index (χ4n) is 2.59. The number of non-ortho nitro benzene ring substituents is 1. The molecule has 0 aliphatic heterocycles. The van der Waals surface area contributed by atoms with Gasteiger partial charge in [0, 0.05) is 23.1 Å². The minimum atomic E-state index is -0.434. The van der Waals surface area contributed by atoms with E-state index in [2.05, 4.69) is 5.73 Å². The topological polar surface area (TPSA) is 91.0 Å². The fourth-order valence-corrected chi connectivity index (χ4v) is 2.59. The van der Waals surface area contributed by atoms with Crippen molar-refractivity contribution in [2.24, 2.45) is 0 Å². The van der Waals surface area contributed by atoms with Gasteiger partial charge in [-0.15, -0.1) is 0 Å². The van der Waals surface area contributed by atoms with Crippen molar-refractivity contribution < 1.29 is 15.8 Å². The molecule has 110 valence electrons. The van der Waals surface area contributed by atoms with Gasteiger partial charge in [0.1, 0.15) is 11.8 Å². The molecule has 0 radical (unpaired) electrons. The third-order valence-corrected chi connectivity index (χ3v) is 3.79. The first-order valence-corrected chi connectivity index (χ1v) is 6.86. The van der Waals surface area contributed by atoms with Crippen molar-refractivity contribution in [2.45, 2.75) is 6.04 Å². The molecule has 1 atom stereocenters. The van der Waals surface area contributed by atoms with E-state index in [1.54, 1.807) is 12.1 Å². The zero-order valence-corrected chi connectivity index (χ0v) is 11.8. The molecule has 3 aromatic rings. The number of benzene rings is 3. The summed E-state index contributed by atoms with van der Waals surface area (Å²) in [4.78, 5) is 10.5. The van der Waals surface area contributed by atoms with Crippen molar-refractivity contribution in [1.82, 2.24) is 0 Å². The van der Waals surface area contributed by atoms with Crippen LogP contribution in [0.15, 0.2) is 60.7 Å². The van der Waals surface area contributed by atoms with Gasteiger partial charge in [0.15, 0.2) is 0 Å². The van der Waals surface area contributed by atoms with Crippen molar-refractivity contribution in [3.05, 3.63) is 81.9 Å². The summed E-state index contributed by atoms with van der Waals surface area (Å²) in [7, 11) is 0. The number of hydrogen-bond acceptors (Lipinski definition) is 3. The molecule has 0 fully saturated rings. The van der Waals surface area contributed by atoms with Crippen molar-refractivity contribution in [2.75, 3.05) is 0 Å². The summed E-state index contributed by atoms with van der Waals surface area (Å²) in [6.45, 7) is 0. The maximum Gasteiger partial charge on any atom is 0.269 e. The molecule has 0 saturated carbocycles. The first-order valence-electron chi connectivity index (χ1n) is 6.86. The SMILES string of the molecule is [NH3+]C(c1cccc([N+](=O)[O-])c1)c1ccc2ccccc2c1O. The van der Waals surface area contributed by atoms with Gasteiger partial charge in [0.2, 0.25) is 0 Å². The van der Waals surface area contributed by atoms with Crippen LogP contribution in [0.25, 0.3) is 10.8 Å². The van der Waals surface area contributed by atoms with E-state index < -0.39 is 4.92 Å². The Morgan fingerprint density at radius 2 is 1.82 bits per heavy atom. The molecule has 0 aliphatic rings. The normalized spacial score (nSPS) is 12.2. The average molecular weight is 295 g/mol.